The molecule has 0 heterocycles. The van der Waals surface area contributed by atoms with E-state index in [1.54, 1.807) is 25.7 Å². The first kappa shape index (κ1) is 33.5. The summed E-state index contributed by atoms with van der Waals surface area (Å²) >= 11 is 0. The summed E-state index contributed by atoms with van der Waals surface area (Å²) in [6, 6.07) is 6.11. The Hall–Kier alpha value is -2.57. The predicted molar refractivity (Wildman–Crippen MR) is 155 cm³/mol. The van der Waals surface area contributed by atoms with Gasteiger partial charge in [-0.25, -0.2) is 4.79 Å². The normalized spacial score (nSPS) is 14.3. The minimum absolute atomic E-state index is 0.151. The molecule has 0 bridgehead atoms. The van der Waals surface area contributed by atoms with Crippen LogP contribution in [-0.4, -0.2) is 46.5 Å². The van der Waals surface area contributed by atoms with E-state index < -0.39 is 29.3 Å². The van der Waals surface area contributed by atoms with Crippen molar-refractivity contribution in [2.24, 2.45) is 5.92 Å². The molecule has 1 aromatic rings. The quantitative estimate of drug-likeness (QED) is 0.278. The Kier molecular flexibility index (Phi) is 13.3. The maximum absolute atomic E-state index is 14.3. The summed E-state index contributed by atoms with van der Waals surface area (Å²) in [5.41, 5.74) is 0.661. The van der Waals surface area contributed by atoms with Crippen LogP contribution >= 0.6 is 0 Å². The lowest BCUT2D eigenvalue weighted by atomic mass is 9.94. The van der Waals surface area contributed by atoms with Crippen LogP contribution in [0.4, 0.5) is 4.79 Å². The van der Waals surface area contributed by atoms with Crippen molar-refractivity contribution in [1.82, 2.24) is 15.5 Å². The number of nitrogens with zero attached hydrogens (tertiary/aromatic N) is 1. The van der Waals surface area contributed by atoms with Crippen molar-refractivity contribution in [2.45, 2.75) is 131 Å². The van der Waals surface area contributed by atoms with E-state index >= 15 is 0 Å². The monoisotopic (exact) mass is 531 g/mol. The molecule has 3 unspecified atom stereocenters. The highest BCUT2D eigenvalue weighted by Crippen LogP contribution is 2.26. The van der Waals surface area contributed by atoms with Gasteiger partial charge in [-0.05, 0) is 66.4 Å². The van der Waals surface area contributed by atoms with Crippen LogP contribution < -0.4 is 10.6 Å². The number of nitrogens with one attached hydrogen (secondary N) is 2. The van der Waals surface area contributed by atoms with Crippen LogP contribution in [0.5, 0.6) is 0 Å². The Balaban J connectivity index is 3.51. The Morgan fingerprint density at radius 1 is 0.921 bits per heavy atom. The first-order chi connectivity index (χ1) is 17.6. The zero-order valence-electron chi connectivity index (χ0n) is 25.6. The third-order valence-corrected chi connectivity index (χ3v) is 6.39. The number of carbonyl (C=O) groups excluding carboxylic acids is 3. The zero-order valence-corrected chi connectivity index (χ0v) is 25.6. The van der Waals surface area contributed by atoms with E-state index in [1.165, 1.54) is 0 Å². The number of unbranched alkanes of at least 4 members (excludes halogenated alkanes) is 4. The molecule has 0 aromatic heterocycles. The number of carbonyl (C=O) groups is 3. The van der Waals surface area contributed by atoms with Crippen molar-refractivity contribution in [3.8, 4) is 0 Å². The summed E-state index contributed by atoms with van der Waals surface area (Å²) in [7, 11) is 0. The van der Waals surface area contributed by atoms with Gasteiger partial charge in [0.25, 0.3) is 0 Å². The lowest BCUT2D eigenvalue weighted by molar-refractivity contribution is -0.144. The number of aryl methyl sites for hydroxylation is 1. The molecule has 7 nitrogen and oxygen atoms in total. The van der Waals surface area contributed by atoms with Gasteiger partial charge in [-0.15, -0.1) is 0 Å². The van der Waals surface area contributed by atoms with Gasteiger partial charge in [0.15, 0.2) is 0 Å². The molecule has 0 saturated carbocycles. The molecule has 0 radical (unpaired) electrons. The van der Waals surface area contributed by atoms with Gasteiger partial charge in [0.2, 0.25) is 11.8 Å². The lowest BCUT2D eigenvalue weighted by Gasteiger charge is -2.37. The molecule has 0 spiro atoms. The maximum Gasteiger partial charge on any atom is 0.408 e. The Morgan fingerprint density at radius 3 is 2.00 bits per heavy atom. The van der Waals surface area contributed by atoms with Crippen LogP contribution in [0, 0.1) is 12.8 Å². The van der Waals surface area contributed by atoms with Crippen molar-refractivity contribution >= 4 is 17.9 Å². The molecule has 216 valence electrons. The summed E-state index contributed by atoms with van der Waals surface area (Å²) in [6.45, 7) is 19.7. The molecule has 1 rings (SSSR count). The number of hydrogen-bond acceptors (Lipinski definition) is 4. The van der Waals surface area contributed by atoms with E-state index in [1.807, 2.05) is 65.8 Å². The Labute approximate surface area is 231 Å². The number of alkyl carbamates (subject to hydrolysis) is 1. The van der Waals surface area contributed by atoms with Crippen LogP contribution in [0.1, 0.15) is 118 Å². The maximum atomic E-state index is 14.3. The fourth-order valence-corrected chi connectivity index (χ4v) is 4.21. The van der Waals surface area contributed by atoms with Gasteiger partial charge in [-0.2, -0.15) is 0 Å². The van der Waals surface area contributed by atoms with Crippen LogP contribution in [0.25, 0.3) is 0 Å². The van der Waals surface area contributed by atoms with Crippen molar-refractivity contribution in [3.63, 3.8) is 0 Å². The molecule has 0 aliphatic carbocycles. The fourth-order valence-electron chi connectivity index (χ4n) is 4.21. The molecule has 1 aromatic carbocycles. The van der Waals surface area contributed by atoms with Crippen LogP contribution in [-0.2, 0) is 14.3 Å². The molecular weight excluding hydrogens is 478 g/mol. The number of rotatable bonds is 13. The summed E-state index contributed by atoms with van der Waals surface area (Å²) in [4.78, 5) is 42.5. The summed E-state index contributed by atoms with van der Waals surface area (Å²) in [5, 5.41) is 5.92. The van der Waals surface area contributed by atoms with E-state index in [-0.39, 0.29) is 17.7 Å². The predicted octanol–water partition coefficient (Wildman–Crippen LogP) is 6.69. The first-order valence-corrected chi connectivity index (χ1v) is 14.3. The molecule has 0 saturated heterocycles. The second-order valence-corrected chi connectivity index (χ2v) is 12.5. The van der Waals surface area contributed by atoms with Crippen molar-refractivity contribution in [2.75, 3.05) is 6.54 Å². The third-order valence-electron chi connectivity index (χ3n) is 6.39. The Bertz CT molecular complexity index is 884. The molecule has 3 amide bonds. The Morgan fingerprint density at radius 2 is 1.50 bits per heavy atom. The minimum Gasteiger partial charge on any atom is -0.444 e. The number of benzene rings is 1. The van der Waals surface area contributed by atoms with Crippen LogP contribution in [0.3, 0.4) is 0 Å². The van der Waals surface area contributed by atoms with Gasteiger partial charge in [-0.1, -0.05) is 82.7 Å². The van der Waals surface area contributed by atoms with E-state index in [4.69, 9.17) is 4.74 Å². The topological polar surface area (TPSA) is 87.7 Å². The second-order valence-electron chi connectivity index (χ2n) is 12.5. The summed E-state index contributed by atoms with van der Waals surface area (Å²) in [6.07, 6.45) is 5.12. The average Bonchev–Trinajstić information content (AvgIpc) is 2.79. The average molecular weight is 532 g/mol. The van der Waals surface area contributed by atoms with Crippen molar-refractivity contribution in [1.29, 1.82) is 0 Å². The fraction of sp³-hybridized carbons (Fsp3) is 0.710. The summed E-state index contributed by atoms with van der Waals surface area (Å²) < 4.78 is 5.49. The van der Waals surface area contributed by atoms with Gasteiger partial charge in [0, 0.05) is 12.1 Å². The highest BCUT2D eigenvalue weighted by atomic mass is 16.6. The largest absolute Gasteiger partial charge is 0.444 e. The number of hydrogen-bond donors (Lipinski definition) is 2. The SMILES string of the molecule is CCCCCCCN(C(=O)C(NC(=O)OC(C)(C)C)C(C)CC)C(C(=O)NC(C)(C)C)c1ccc(C)cc1. The standard InChI is InChI=1S/C31H53N3O4/c1-11-13-14-15-16-21-34(28(36)25(23(4)12-2)32-29(37)38-31(8,9)10)26(27(35)33-30(5,6)7)24-19-17-22(3)18-20-24/h17-20,23,25-26H,11-16,21H2,1-10H3,(H,32,37)(H,33,35). The van der Waals surface area contributed by atoms with Crippen molar-refractivity contribution < 1.29 is 19.1 Å². The van der Waals surface area contributed by atoms with Gasteiger partial charge >= 0.3 is 6.09 Å². The van der Waals surface area contributed by atoms with E-state index in [0.29, 0.717) is 13.0 Å². The molecule has 3 atom stereocenters. The highest BCUT2D eigenvalue weighted by Gasteiger charge is 2.38. The molecule has 0 aliphatic rings. The highest BCUT2D eigenvalue weighted by molar-refractivity contribution is 5.92. The first-order valence-electron chi connectivity index (χ1n) is 14.3. The zero-order chi connectivity index (χ0) is 29.1. The third kappa shape index (κ3) is 11.9. The lowest BCUT2D eigenvalue weighted by Crippen LogP contribution is -2.56. The molecule has 38 heavy (non-hydrogen) atoms. The number of amides is 3. The van der Waals surface area contributed by atoms with Crippen molar-refractivity contribution in [3.05, 3.63) is 35.4 Å². The second kappa shape index (κ2) is 15.1. The van der Waals surface area contributed by atoms with Gasteiger partial charge in [0.1, 0.15) is 17.7 Å². The molecule has 0 aliphatic heterocycles. The molecule has 7 heteroatoms. The van der Waals surface area contributed by atoms with E-state index in [9.17, 15) is 14.4 Å². The number of ether oxygens (including phenoxy) is 1. The minimum atomic E-state index is -0.819. The molecular formula is C31H53N3O4. The summed E-state index contributed by atoms with van der Waals surface area (Å²) in [5.74, 6) is -0.652. The van der Waals surface area contributed by atoms with Crippen LogP contribution in [0.2, 0.25) is 0 Å². The smallest absolute Gasteiger partial charge is 0.408 e. The van der Waals surface area contributed by atoms with Gasteiger partial charge < -0.3 is 20.3 Å². The van der Waals surface area contributed by atoms with Gasteiger partial charge in [-0.3, -0.25) is 9.59 Å². The van der Waals surface area contributed by atoms with E-state index in [0.717, 1.165) is 43.2 Å². The van der Waals surface area contributed by atoms with Crippen LogP contribution in [0.15, 0.2) is 24.3 Å². The van der Waals surface area contributed by atoms with Gasteiger partial charge in [0.05, 0.1) is 0 Å². The molecule has 0 fully saturated rings. The van der Waals surface area contributed by atoms with E-state index in [2.05, 4.69) is 17.6 Å². The molecule has 2 N–H and O–H groups in total.